The molecule has 2 heterocycles. The van der Waals surface area contributed by atoms with Crippen LogP contribution in [0.2, 0.25) is 0 Å². The van der Waals surface area contributed by atoms with Gasteiger partial charge in [-0.3, -0.25) is 19.8 Å². The molecule has 1 aliphatic heterocycles. The van der Waals surface area contributed by atoms with Crippen molar-refractivity contribution >= 4 is 11.7 Å². The highest BCUT2D eigenvalue weighted by Crippen LogP contribution is 2.28. The first-order valence-electron chi connectivity index (χ1n) is 15.3. The van der Waals surface area contributed by atoms with E-state index in [1.165, 1.54) is 12.8 Å². The first kappa shape index (κ1) is 31.1. The molecule has 41 heavy (non-hydrogen) atoms. The molecule has 4 atom stereocenters. The fourth-order valence-corrected chi connectivity index (χ4v) is 6.06. The van der Waals surface area contributed by atoms with Gasteiger partial charge < -0.3 is 14.8 Å². The van der Waals surface area contributed by atoms with E-state index < -0.39 is 29.7 Å². The van der Waals surface area contributed by atoms with Gasteiger partial charge in [-0.1, -0.05) is 64.8 Å². The number of aliphatic hydroxyl groups excluding tert-OH is 1. The molecule has 10 heteroatoms. The zero-order valence-electron chi connectivity index (χ0n) is 25.0. The molecule has 0 radical (unpaired) electrons. The number of nitrogens with one attached hydrogen (secondary N) is 2. The van der Waals surface area contributed by atoms with Gasteiger partial charge in [-0.05, 0) is 68.2 Å². The summed E-state index contributed by atoms with van der Waals surface area (Å²) in [6.07, 6.45) is 5.16. The third-order valence-corrected chi connectivity index (χ3v) is 8.11. The molecule has 1 aromatic heterocycles. The molecule has 1 amide bonds. The summed E-state index contributed by atoms with van der Waals surface area (Å²) >= 11 is 0. The van der Waals surface area contributed by atoms with E-state index in [1.807, 2.05) is 45.9 Å². The zero-order chi connectivity index (χ0) is 29.5. The number of ketones is 1. The topological polar surface area (TPSA) is 130 Å². The summed E-state index contributed by atoms with van der Waals surface area (Å²) in [6, 6.07) is 6.84. The molecule has 2 aliphatic rings. The first-order valence-corrected chi connectivity index (χ1v) is 15.3. The molecule has 0 bridgehead atoms. The maximum absolute atomic E-state index is 13.7. The van der Waals surface area contributed by atoms with Crippen molar-refractivity contribution in [2.45, 2.75) is 104 Å². The SMILES string of the molecule is CC(C)C[C@H](NC(=O)[C@@H]1CCCC[C@@H]1NC(O)c1ccccc1CN1CCCC1)C(=O)c1nn(CC(C)C)c(=O)o1. The summed E-state index contributed by atoms with van der Waals surface area (Å²) in [6.45, 7) is 11.1. The predicted molar refractivity (Wildman–Crippen MR) is 156 cm³/mol. The lowest BCUT2D eigenvalue weighted by Crippen LogP contribution is -2.51. The van der Waals surface area contributed by atoms with Gasteiger partial charge in [0.1, 0.15) is 6.23 Å². The molecule has 1 saturated heterocycles. The number of aliphatic hydroxyl groups is 1. The van der Waals surface area contributed by atoms with Crippen LogP contribution in [-0.4, -0.2) is 56.7 Å². The van der Waals surface area contributed by atoms with Crippen molar-refractivity contribution in [2.24, 2.45) is 17.8 Å². The van der Waals surface area contributed by atoms with E-state index in [4.69, 9.17) is 4.42 Å². The summed E-state index contributed by atoms with van der Waals surface area (Å²) < 4.78 is 6.36. The van der Waals surface area contributed by atoms with Crippen molar-refractivity contribution in [2.75, 3.05) is 13.1 Å². The number of benzene rings is 1. The number of carbonyl (C=O) groups is 2. The van der Waals surface area contributed by atoms with E-state index in [-0.39, 0.29) is 29.7 Å². The number of carbonyl (C=O) groups excluding carboxylic acids is 2. The molecule has 10 nitrogen and oxygen atoms in total. The maximum atomic E-state index is 13.7. The number of hydrogen-bond acceptors (Lipinski definition) is 8. The first-order chi connectivity index (χ1) is 19.6. The average molecular weight is 570 g/mol. The van der Waals surface area contributed by atoms with Gasteiger partial charge in [0.2, 0.25) is 11.7 Å². The number of Topliss-reactive ketones (excluding diaryl/α,β-unsaturated/α-hetero) is 1. The van der Waals surface area contributed by atoms with Crippen molar-refractivity contribution in [1.82, 2.24) is 25.3 Å². The Hall–Kier alpha value is -2.82. The van der Waals surface area contributed by atoms with Crippen LogP contribution >= 0.6 is 0 Å². The Bertz CT molecular complexity index is 1220. The summed E-state index contributed by atoms with van der Waals surface area (Å²) in [4.78, 5) is 41.7. The summed E-state index contributed by atoms with van der Waals surface area (Å²) in [5.74, 6) is -1.81. The smallest absolute Gasteiger partial charge is 0.384 e. The van der Waals surface area contributed by atoms with Crippen molar-refractivity contribution < 1.29 is 19.1 Å². The van der Waals surface area contributed by atoms with E-state index in [2.05, 4.69) is 26.7 Å². The second kappa shape index (κ2) is 14.4. The minimum absolute atomic E-state index is 0.114. The van der Waals surface area contributed by atoms with Gasteiger partial charge in [0, 0.05) is 12.6 Å². The molecular weight excluding hydrogens is 522 g/mol. The van der Waals surface area contributed by atoms with Crippen molar-refractivity contribution in [1.29, 1.82) is 0 Å². The van der Waals surface area contributed by atoms with Gasteiger partial charge >= 0.3 is 5.76 Å². The molecule has 226 valence electrons. The third-order valence-electron chi connectivity index (χ3n) is 8.11. The molecule has 1 unspecified atom stereocenters. The number of aromatic nitrogens is 2. The molecule has 1 aliphatic carbocycles. The fourth-order valence-electron chi connectivity index (χ4n) is 6.06. The van der Waals surface area contributed by atoms with Crippen LogP contribution in [0.15, 0.2) is 33.5 Å². The summed E-state index contributed by atoms with van der Waals surface area (Å²) in [7, 11) is 0. The highest BCUT2D eigenvalue weighted by molar-refractivity contribution is 5.98. The summed E-state index contributed by atoms with van der Waals surface area (Å²) in [5.41, 5.74) is 1.93. The Morgan fingerprint density at radius 3 is 2.46 bits per heavy atom. The van der Waals surface area contributed by atoms with Crippen LogP contribution in [0.25, 0.3) is 0 Å². The van der Waals surface area contributed by atoms with Gasteiger partial charge in [-0.25, -0.2) is 4.79 Å². The Balaban J connectivity index is 1.46. The lowest BCUT2D eigenvalue weighted by Gasteiger charge is -2.34. The van der Waals surface area contributed by atoms with E-state index in [9.17, 15) is 19.5 Å². The van der Waals surface area contributed by atoms with Gasteiger partial charge in [0.05, 0.1) is 18.5 Å². The minimum atomic E-state index is -0.903. The Kier molecular flexibility index (Phi) is 10.9. The van der Waals surface area contributed by atoms with Crippen LogP contribution in [0, 0.1) is 17.8 Å². The molecular formula is C31H47N5O5. The quantitative estimate of drug-likeness (QED) is 0.246. The number of likely N-dealkylation sites (tertiary alicyclic amines) is 1. The summed E-state index contributed by atoms with van der Waals surface area (Å²) in [5, 5.41) is 21.7. The second-order valence-corrected chi connectivity index (χ2v) is 12.6. The highest BCUT2D eigenvalue weighted by Gasteiger charge is 2.36. The molecule has 2 aromatic rings. The molecule has 1 saturated carbocycles. The standard InChI is InChI=1S/C31H47N5O5/c1-20(2)17-26(27(37)30-34-36(18-21(3)4)31(40)41-30)33-29(39)24-13-7-8-14-25(24)32-28(38)23-12-6-5-11-22(23)19-35-15-9-10-16-35/h5-6,11-12,20-21,24-26,28,32,38H,7-10,13-19H2,1-4H3,(H,33,39)/t24-,25+,26+,28?/m1/s1. The van der Waals surface area contributed by atoms with Crippen molar-refractivity contribution in [3.05, 3.63) is 51.8 Å². The molecule has 0 spiro atoms. The number of nitrogens with zero attached hydrogens (tertiary/aromatic N) is 3. The van der Waals surface area contributed by atoms with Gasteiger partial charge in [0.15, 0.2) is 0 Å². The molecule has 2 fully saturated rings. The van der Waals surface area contributed by atoms with Crippen LogP contribution in [0.5, 0.6) is 0 Å². The molecule has 4 rings (SSSR count). The highest BCUT2D eigenvalue weighted by atomic mass is 16.4. The van der Waals surface area contributed by atoms with E-state index in [0.717, 1.165) is 54.7 Å². The normalized spacial score (nSPS) is 21.3. The number of rotatable bonds is 13. The monoisotopic (exact) mass is 569 g/mol. The lowest BCUT2D eigenvalue weighted by molar-refractivity contribution is -0.127. The van der Waals surface area contributed by atoms with Crippen LogP contribution in [0.4, 0.5) is 0 Å². The Morgan fingerprint density at radius 2 is 1.76 bits per heavy atom. The fraction of sp³-hybridized carbons (Fsp3) is 0.677. The lowest BCUT2D eigenvalue weighted by atomic mass is 9.83. The van der Waals surface area contributed by atoms with Gasteiger partial charge in [-0.15, -0.1) is 5.10 Å². The number of hydrogen-bond donors (Lipinski definition) is 3. The molecule has 1 aromatic carbocycles. The Labute approximate surface area is 242 Å². The van der Waals surface area contributed by atoms with E-state index in [0.29, 0.717) is 19.4 Å². The predicted octanol–water partition coefficient (Wildman–Crippen LogP) is 3.64. The van der Waals surface area contributed by atoms with E-state index in [1.54, 1.807) is 0 Å². The van der Waals surface area contributed by atoms with Gasteiger partial charge in [0.25, 0.3) is 5.89 Å². The van der Waals surface area contributed by atoms with Crippen molar-refractivity contribution in [3.8, 4) is 0 Å². The average Bonchev–Trinajstić information content (AvgIpc) is 3.57. The van der Waals surface area contributed by atoms with Crippen molar-refractivity contribution in [3.63, 3.8) is 0 Å². The third kappa shape index (κ3) is 8.36. The maximum Gasteiger partial charge on any atom is 0.437 e. The van der Waals surface area contributed by atoms with Crippen LogP contribution < -0.4 is 16.4 Å². The minimum Gasteiger partial charge on any atom is -0.384 e. The van der Waals surface area contributed by atoms with Crippen LogP contribution in [0.3, 0.4) is 0 Å². The zero-order valence-corrected chi connectivity index (χ0v) is 25.0. The largest absolute Gasteiger partial charge is 0.437 e. The van der Waals surface area contributed by atoms with E-state index >= 15 is 0 Å². The van der Waals surface area contributed by atoms with Gasteiger partial charge in [-0.2, -0.15) is 4.68 Å². The van der Waals surface area contributed by atoms with Crippen LogP contribution in [-0.2, 0) is 17.9 Å². The number of amides is 1. The second-order valence-electron chi connectivity index (χ2n) is 12.6. The molecule has 3 N–H and O–H groups in total. The van der Waals surface area contributed by atoms with Crippen LogP contribution in [0.1, 0.15) is 101 Å². The Morgan fingerprint density at radius 1 is 1.05 bits per heavy atom.